The Morgan fingerprint density at radius 2 is 2.39 bits per heavy atom. The molecule has 0 amide bonds. The van der Waals surface area contributed by atoms with Crippen LogP contribution in [-0.2, 0) is 6.54 Å². The predicted molar refractivity (Wildman–Crippen MR) is 59.3 cm³/mol. The van der Waals surface area contributed by atoms with Crippen molar-refractivity contribution in [3.05, 3.63) is 33.0 Å². The fourth-order valence-electron chi connectivity index (χ4n) is 1.56. The van der Waals surface area contributed by atoms with Gasteiger partial charge in [0.2, 0.25) is 5.89 Å². The summed E-state index contributed by atoms with van der Waals surface area (Å²) in [5, 5.41) is 18.1. The van der Waals surface area contributed by atoms with Crippen LogP contribution in [0.2, 0.25) is 5.02 Å². The van der Waals surface area contributed by atoms with Crippen molar-refractivity contribution in [2.45, 2.75) is 25.3 Å². The van der Waals surface area contributed by atoms with E-state index in [1.807, 2.05) is 0 Å². The standard InChI is InChI=1S/C9H8ClN5O3/c10-6-3-14(12-8(6)15(16)17)4-7-11-9(18-13-7)5-1-2-5/h3,5H,1-2,4H2. The highest BCUT2D eigenvalue weighted by atomic mass is 35.5. The Balaban J connectivity index is 1.78. The van der Waals surface area contributed by atoms with Crippen LogP contribution in [0.4, 0.5) is 5.82 Å². The van der Waals surface area contributed by atoms with Crippen LogP contribution in [0.15, 0.2) is 10.7 Å². The lowest BCUT2D eigenvalue weighted by Crippen LogP contribution is -2.03. The van der Waals surface area contributed by atoms with Crippen LogP contribution < -0.4 is 0 Å². The highest BCUT2D eigenvalue weighted by Gasteiger charge is 2.30. The first-order valence-corrected chi connectivity index (χ1v) is 5.71. The van der Waals surface area contributed by atoms with Gasteiger partial charge in [-0.25, -0.2) is 0 Å². The van der Waals surface area contributed by atoms with E-state index in [4.69, 9.17) is 16.1 Å². The second-order valence-electron chi connectivity index (χ2n) is 4.08. The van der Waals surface area contributed by atoms with Gasteiger partial charge in [-0.05, 0) is 17.8 Å². The van der Waals surface area contributed by atoms with Gasteiger partial charge in [0, 0.05) is 5.92 Å². The molecule has 1 saturated carbocycles. The summed E-state index contributed by atoms with van der Waals surface area (Å²) in [6.45, 7) is 0.198. The van der Waals surface area contributed by atoms with Gasteiger partial charge in [-0.3, -0.25) is 0 Å². The number of nitrogens with zero attached hydrogens (tertiary/aromatic N) is 5. The molecule has 0 aliphatic heterocycles. The van der Waals surface area contributed by atoms with Crippen LogP contribution in [0.3, 0.4) is 0 Å². The van der Waals surface area contributed by atoms with Crippen molar-refractivity contribution < 1.29 is 9.45 Å². The number of nitro groups is 1. The third-order valence-electron chi connectivity index (χ3n) is 2.59. The van der Waals surface area contributed by atoms with Crippen LogP contribution in [0.1, 0.15) is 30.5 Å². The number of rotatable bonds is 4. The molecule has 2 aromatic heterocycles. The first-order valence-electron chi connectivity index (χ1n) is 5.33. The van der Waals surface area contributed by atoms with E-state index < -0.39 is 4.92 Å². The normalized spacial score (nSPS) is 14.9. The van der Waals surface area contributed by atoms with Gasteiger partial charge in [-0.2, -0.15) is 9.67 Å². The van der Waals surface area contributed by atoms with Crippen LogP contribution in [0.25, 0.3) is 0 Å². The number of hydrogen-bond donors (Lipinski definition) is 0. The monoisotopic (exact) mass is 269 g/mol. The maximum absolute atomic E-state index is 10.6. The molecule has 8 nitrogen and oxygen atoms in total. The minimum absolute atomic E-state index is 0.00842. The van der Waals surface area contributed by atoms with Crippen molar-refractivity contribution in [3.63, 3.8) is 0 Å². The molecule has 1 aliphatic carbocycles. The first-order chi connectivity index (χ1) is 8.63. The van der Waals surface area contributed by atoms with Crippen molar-refractivity contribution in [1.82, 2.24) is 19.9 Å². The maximum Gasteiger partial charge on any atom is 0.408 e. The zero-order chi connectivity index (χ0) is 12.7. The average molecular weight is 270 g/mol. The van der Waals surface area contributed by atoms with Crippen molar-refractivity contribution in [2.24, 2.45) is 0 Å². The summed E-state index contributed by atoms with van der Waals surface area (Å²) in [6.07, 6.45) is 3.51. The SMILES string of the molecule is O=[N+]([O-])c1nn(Cc2noc(C3CC3)n2)cc1Cl. The molecule has 2 aromatic rings. The molecular weight excluding hydrogens is 262 g/mol. The zero-order valence-electron chi connectivity index (χ0n) is 9.11. The Morgan fingerprint density at radius 1 is 1.61 bits per heavy atom. The summed E-state index contributed by atoms with van der Waals surface area (Å²) in [7, 11) is 0. The van der Waals surface area contributed by atoms with Crippen LogP contribution in [0, 0.1) is 10.1 Å². The van der Waals surface area contributed by atoms with Gasteiger partial charge in [0.15, 0.2) is 10.8 Å². The molecule has 9 heteroatoms. The van der Waals surface area contributed by atoms with Gasteiger partial charge in [0.05, 0.1) is 11.3 Å². The smallest absolute Gasteiger partial charge is 0.358 e. The number of aromatic nitrogens is 4. The molecule has 3 rings (SSSR count). The predicted octanol–water partition coefficient (Wildman–Crippen LogP) is 1.75. The molecule has 1 fully saturated rings. The molecule has 0 aromatic carbocycles. The maximum atomic E-state index is 10.6. The van der Waals surface area contributed by atoms with Gasteiger partial charge in [-0.15, -0.1) is 0 Å². The lowest BCUT2D eigenvalue weighted by Gasteiger charge is -1.88. The second kappa shape index (κ2) is 4.05. The Labute approximate surface area is 106 Å². The molecule has 0 atom stereocenters. The summed E-state index contributed by atoms with van der Waals surface area (Å²) in [5.41, 5.74) is 0. The van der Waals surface area contributed by atoms with Crippen molar-refractivity contribution in [1.29, 1.82) is 0 Å². The van der Waals surface area contributed by atoms with Crippen molar-refractivity contribution >= 4 is 17.4 Å². The van der Waals surface area contributed by atoms with Gasteiger partial charge in [0.25, 0.3) is 0 Å². The fraction of sp³-hybridized carbons (Fsp3) is 0.444. The summed E-state index contributed by atoms with van der Waals surface area (Å²) in [4.78, 5) is 14.2. The second-order valence-corrected chi connectivity index (χ2v) is 4.49. The molecule has 0 radical (unpaired) electrons. The van der Waals surface area contributed by atoms with E-state index in [2.05, 4.69) is 15.2 Å². The summed E-state index contributed by atoms with van der Waals surface area (Å²) in [5.74, 6) is 1.06. The highest BCUT2D eigenvalue weighted by Crippen LogP contribution is 2.38. The molecule has 2 heterocycles. The topological polar surface area (TPSA) is 99.9 Å². The summed E-state index contributed by atoms with van der Waals surface area (Å²) in [6, 6.07) is 0. The molecule has 0 bridgehead atoms. The lowest BCUT2D eigenvalue weighted by molar-refractivity contribution is -0.389. The first kappa shape index (κ1) is 11.1. The molecular formula is C9H8ClN5O3. The lowest BCUT2D eigenvalue weighted by atomic mass is 10.4. The van der Waals surface area contributed by atoms with Crippen LogP contribution in [-0.4, -0.2) is 24.8 Å². The number of hydrogen-bond acceptors (Lipinski definition) is 6. The summed E-state index contributed by atoms with van der Waals surface area (Å²) < 4.78 is 6.40. The average Bonchev–Trinajstić information content (AvgIpc) is 2.95. The molecule has 18 heavy (non-hydrogen) atoms. The third-order valence-corrected chi connectivity index (χ3v) is 2.85. The fourth-order valence-corrected chi connectivity index (χ4v) is 1.78. The Kier molecular flexibility index (Phi) is 2.51. The van der Waals surface area contributed by atoms with E-state index in [1.54, 1.807) is 0 Å². The van der Waals surface area contributed by atoms with Crippen molar-refractivity contribution in [3.8, 4) is 0 Å². The van der Waals surface area contributed by atoms with Gasteiger partial charge in [0.1, 0.15) is 6.54 Å². The molecule has 0 N–H and O–H groups in total. The van der Waals surface area contributed by atoms with Gasteiger partial charge < -0.3 is 14.6 Å². The van der Waals surface area contributed by atoms with Crippen LogP contribution in [0.5, 0.6) is 0 Å². The molecule has 0 unspecified atom stereocenters. The van der Waals surface area contributed by atoms with Crippen molar-refractivity contribution in [2.75, 3.05) is 0 Å². The van der Waals surface area contributed by atoms with Gasteiger partial charge in [-0.1, -0.05) is 16.8 Å². The van der Waals surface area contributed by atoms with E-state index in [9.17, 15) is 10.1 Å². The third kappa shape index (κ3) is 2.06. The van der Waals surface area contributed by atoms with E-state index in [1.165, 1.54) is 10.9 Å². The molecule has 1 aliphatic rings. The quantitative estimate of drug-likeness (QED) is 0.619. The Morgan fingerprint density at radius 3 is 3.00 bits per heavy atom. The molecule has 94 valence electrons. The minimum Gasteiger partial charge on any atom is -0.358 e. The Bertz CT molecular complexity index is 603. The highest BCUT2D eigenvalue weighted by molar-refractivity contribution is 6.32. The van der Waals surface area contributed by atoms with Gasteiger partial charge >= 0.3 is 5.82 Å². The Hall–Kier alpha value is -1.96. The van der Waals surface area contributed by atoms with Crippen LogP contribution >= 0.6 is 11.6 Å². The summed E-state index contributed by atoms with van der Waals surface area (Å²) >= 11 is 5.68. The largest absolute Gasteiger partial charge is 0.408 e. The van der Waals surface area contributed by atoms with E-state index in [-0.39, 0.29) is 17.4 Å². The molecule has 0 spiro atoms. The zero-order valence-corrected chi connectivity index (χ0v) is 9.87. The molecule has 0 saturated heterocycles. The number of halogens is 1. The van der Waals surface area contributed by atoms with E-state index in [0.29, 0.717) is 17.6 Å². The van der Waals surface area contributed by atoms with E-state index >= 15 is 0 Å². The minimum atomic E-state index is -0.634. The van der Waals surface area contributed by atoms with E-state index in [0.717, 1.165) is 12.8 Å².